The molecule has 0 saturated carbocycles. The van der Waals surface area contributed by atoms with Crippen LogP contribution >= 0.6 is 11.3 Å². The van der Waals surface area contributed by atoms with Gasteiger partial charge in [0.15, 0.2) is 4.96 Å². The molecule has 1 aromatic carbocycles. The van der Waals surface area contributed by atoms with Crippen molar-refractivity contribution in [2.24, 2.45) is 0 Å². The van der Waals surface area contributed by atoms with Crippen LogP contribution in [0.3, 0.4) is 0 Å². The van der Waals surface area contributed by atoms with Gasteiger partial charge in [0.1, 0.15) is 11.4 Å². The van der Waals surface area contributed by atoms with E-state index in [0.717, 1.165) is 22.4 Å². The molecular weight excluding hydrogens is 398 g/mol. The summed E-state index contributed by atoms with van der Waals surface area (Å²) in [5.41, 5.74) is 2.79. The van der Waals surface area contributed by atoms with Gasteiger partial charge in [-0.25, -0.2) is 9.97 Å². The van der Waals surface area contributed by atoms with Crippen molar-refractivity contribution in [2.45, 2.75) is 13.8 Å². The van der Waals surface area contributed by atoms with Gasteiger partial charge in [-0.15, -0.1) is 11.3 Å². The predicted octanol–water partition coefficient (Wildman–Crippen LogP) is 2.88. The molecular formula is C22H21N5O2S. The number of aryl methyl sites for hydroxylation is 2. The molecule has 0 aliphatic carbocycles. The van der Waals surface area contributed by atoms with Crippen LogP contribution in [0, 0.1) is 13.8 Å². The first kappa shape index (κ1) is 18.7. The number of carbonyl (C=O) groups excluding carboxylic acids is 1. The number of anilines is 1. The quantitative estimate of drug-likeness (QED) is 0.500. The lowest BCUT2D eigenvalue weighted by molar-refractivity contribution is 0.0744. The number of fused-ring (bicyclic) bond motifs is 2. The number of amides is 1. The Morgan fingerprint density at radius 3 is 2.67 bits per heavy atom. The molecule has 152 valence electrons. The molecule has 1 aliphatic heterocycles. The summed E-state index contributed by atoms with van der Waals surface area (Å²) in [6.45, 7) is 6.36. The Kier molecular flexibility index (Phi) is 4.51. The van der Waals surface area contributed by atoms with Crippen LogP contribution in [0.1, 0.15) is 21.6 Å². The van der Waals surface area contributed by atoms with E-state index in [0.29, 0.717) is 31.1 Å². The van der Waals surface area contributed by atoms with E-state index in [1.807, 2.05) is 30.5 Å². The Morgan fingerprint density at radius 2 is 1.87 bits per heavy atom. The smallest absolute Gasteiger partial charge is 0.271 e. The van der Waals surface area contributed by atoms with Crippen LogP contribution in [0.5, 0.6) is 0 Å². The first-order chi connectivity index (χ1) is 14.5. The van der Waals surface area contributed by atoms with E-state index in [1.165, 1.54) is 27.5 Å². The average molecular weight is 420 g/mol. The summed E-state index contributed by atoms with van der Waals surface area (Å²) in [7, 11) is 0. The van der Waals surface area contributed by atoms with E-state index in [1.54, 1.807) is 4.90 Å². The Morgan fingerprint density at radius 1 is 1.10 bits per heavy atom. The summed E-state index contributed by atoms with van der Waals surface area (Å²) in [6.07, 6.45) is 1.41. The van der Waals surface area contributed by atoms with Crippen LogP contribution in [-0.2, 0) is 0 Å². The van der Waals surface area contributed by atoms with Crippen molar-refractivity contribution in [3.8, 4) is 0 Å². The topological polar surface area (TPSA) is 70.8 Å². The molecule has 8 heteroatoms. The molecule has 1 fully saturated rings. The van der Waals surface area contributed by atoms with E-state index >= 15 is 0 Å². The minimum Gasteiger partial charge on any atom is -0.353 e. The minimum atomic E-state index is -0.294. The van der Waals surface area contributed by atoms with Gasteiger partial charge in [-0.2, -0.15) is 0 Å². The van der Waals surface area contributed by atoms with Gasteiger partial charge >= 0.3 is 0 Å². The monoisotopic (exact) mass is 419 g/mol. The first-order valence-corrected chi connectivity index (χ1v) is 10.8. The molecule has 7 nitrogen and oxygen atoms in total. The molecule has 0 N–H and O–H groups in total. The number of rotatable bonds is 2. The molecule has 1 aliphatic rings. The van der Waals surface area contributed by atoms with Crippen LogP contribution in [0.25, 0.3) is 15.9 Å². The molecule has 0 atom stereocenters. The second kappa shape index (κ2) is 7.21. The maximum Gasteiger partial charge on any atom is 0.271 e. The number of nitrogens with zero attached hydrogens (tertiary/aromatic N) is 5. The second-order valence-corrected chi connectivity index (χ2v) is 8.40. The molecule has 0 radical (unpaired) electrons. The molecule has 1 saturated heterocycles. The number of hydrogen-bond donors (Lipinski definition) is 0. The van der Waals surface area contributed by atoms with Gasteiger partial charge in [0, 0.05) is 48.8 Å². The van der Waals surface area contributed by atoms with Gasteiger partial charge in [-0.05, 0) is 31.5 Å². The second-order valence-electron chi connectivity index (χ2n) is 7.57. The third-order valence-corrected chi connectivity index (χ3v) is 6.61. The van der Waals surface area contributed by atoms with Crippen molar-refractivity contribution >= 4 is 38.9 Å². The highest BCUT2D eigenvalue weighted by Gasteiger charge is 2.26. The fourth-order valence-corrected chi connectivity index (χ4v) is 4.80. The SMILES string of the molecule is Cc1cc(N2CCN(C(=O)c3cnc4scc(C)n4c3=O)CC2)nc2ccccc12. The van der Waals surface area contributed by atoms with Gasteiger partial charge in [0.05, 0.1) is 5.52 Å². The number of piperazine rings is 1. The van der Waals surface area contributed by atoms with Crippen molar-refractivity contribution in [3.05, 3.63) is 69.1 Å². The largest absolute Gasteiger partial charge is 0.353 e. The van der Waals surface area contributed by atoms with E-state index in [-0.39, 0.29) is 17.0 Å². The third kappa shape index (κ3) is 3.04. The van der Waals surface area contributed by atoms with Gasteiger partial charge < -0.3 is 9.80 Å². The first-order valence-electron chi connectivity index (χ1n) is 9.89. The van der Waals surface area contributed by atoms with Crippen LogP contribution < -0.4 is 10.5 Å². The standard InChI is InChI=1S/C22H21N5O2S/c1-14-11-19(24-18-6-4-3-5-16(14)18)25-7-9-26(10-8-25)20(28)17-12-23-22-27(21(17)29)15(2)13-30-22/h3-6,11-13H,7-10H2,1-2H3. The summed E-state index contributed by atoms with van der Waals surface area (Å²) >= 11 is 1.40. The molecule has 4 heterocycles. The van der Waals surface area contributed by atoms with E-state index in [2.05, 4.69) is 28.9 Å². The molecule has 0 unspecified atom stereocenters. The molecule has 5 rings (SSSR count). The van der Waals surface area contributed by atoms with Gasteiger partial charge in [0.2, 0.25) is 0 Å². The minimum absolute atomic E-state index is 0.127. The van der Waals surface area contributed by atoms with Crippen molar-refractivity contribution < 1.29 is 4.79 Å². The van der Waals surface area contributed by atoms with E-state index in [9.17, 15) is 9.59 Å². The van der Waals surface area contributed by atoms with Crippen molar-refractivity contribution in [1.29, 1.82) is 0 Å². The number of hydrogen-bond acceptors (Lipinski definition) is 6. The Hall–Kier alpha value is -3.26. The maximum atomic E-state index is 13.0. The van der Waals surface area contributed by atoms with Crippen LogP contribution in [0.15, 0.2) is 46.7 Å². The lowest BCUT2D eigenvalue weighted by Crippen LogP contribution is -2.50. The Labute approximate surface area is 177 Å². The average Bonchev–Trinajstić information content (AvgIpc) is 3.15. The highest BCUT2D eigenvalue weighted by Crippen LogP contribution is 2.23. The summed E-state index contributed by atoms with van der Waals surface area (Å²) in [5, 5.41) is 3.03. The lowest BCUT2D eigenvalue weighted by Gasteiger charge is -2.35. The van der Waals surface area contributed by atoms with Crippen LogP contribution in [0.4, 0.5) is 5.82 Å². The van der Waals surface area contributed by atoms with Gasteiger partial charge in [0.25, 0.3) is 11.5 Å². The van der Waals surface area contributed by atoms with Crippen molar-refractivity contribution in [3.63, 3.8) is 0 Å². The van der Waals surface area contributed by atoms with Gasteiger partial charge in [-0.1, -0.05) is 18.2 Å². The van der Waals surface area contributed by atoms with Crippen molar-refractivity contribution in [1.82, 2.24) is 19.3 Å². The van der Waals surface area contributed by atoms with Gasteiger partial charge in [-0.3, -0.25) is 14.0 Å². The molecule has 4 aromatic rings. The van der Waals surface area contributed by atoms with Crippen molar-refractivity contribution in [2.75, 3.05) is 31.1 Å². The maximum absolute atomic E-state index is 13.0. The number of aromatic nitrogens is 3. The normalized spacial score (nSPS) is 14.6. The number of carbonyl (C=O) groups is 1. The third-order valence-electron chi connectivity index (χ3n) is 5.65. The van der Waals surface area contributed by atoms with E-state index < -0.39 is 0 Å². The number of benzene rings is 1. The number of thiazole rings is 1. The zero-order valence-corrected chi connectivity index (χ0v) is 17.6. The number of para-hydroxylation sites is 1. The van der Waals surface area contributed by atoms with Crippen LogP contribution in [0.2, 0.25) is 0 Å². The predicted molar refractivity (Wildman–Crippen MR) is 119 cm³/mol. The fraction of sp³-hybridized carbons (Fsp3) is 0.273. The summed E-state index contributed by atoms with van der Waals surface area (Å²) in [5.74, 6) is 0.671. The summed E-state index contributed by atoms with van der Waals surface area (Å²) < 4.78 is 1.51. The number of pyridine rings is 1. The molecule has 30 heavy (non-hydrogen) atoms. The zero-order chi connectivity index (χ0) is 20.8. The van der Waals surface area contributed by atoms with E-state index in [4.69, 9.17) is 4.98 Å². The Bertz CT molecular complexity index is 1330. The fourth-order valence-electron chi connectivity index (χ4n) is 3.97. The molecule has 0 spiro atoms. The zero-order valence-electron chi connectivity index (χ0n) is 16.8. The Balaban J connectivity index is 1.36. The molecule has 1 amide bonds. The highest BCUT2D eigenvalue weighted by atomic mass is 32.1. The van der Waals surface area contributed by atoms with Crippen LogP contribution in [-0.4, -0.2) is 51.4 Å². The highest BCUT2D eigenvalue weighted by molar-refractivity contribution is 7.15. The summed E-state index contributed by atoms with van der Waals surface area (Å²) in [4.78, 5) is 39.4. The molecule has 0 bridgehead atoms. The summed E-state index contributed by atoms with van der Waals surface area (Å²) in [6, 6.07) is 10.2. The molecule has 3 aromatic heterocycles. The lowest BCUT2D eigenvalue weighted by atomic mass is 10.1.